The molecule has 31 heavy (non-hydrogen) atoms. The summed E-state index contributed by atoms with van der Waals surface area (Å²) in [6.07, 6.45) is 2.84. The number of hydrogen-bond donors (Lipinski definition) is 3. The Kier molecular flexibility index (Phi) is 7.14. The number of aliphatic hydroxyl groups excluding tert-OH is 2. The van der Waals surface area contributed by atoms with E-state index in [0.717, 1.165) is 12.0 Å². The fourth-order valence-electron chi connectivity index (χ4n) is 6.18. The Morgan fingerprint density at radius 2 is 1.87 bits per heavy atom. The van der Waals surface area contributed by atoms with Crippen molar-refractivity contribution in [3.05, 3.63) is 23.3 Å². The van der Waals surface area contributed by atoms with Crippen LogP contribution in [-0.2, 0) is 14.3 Å². The summed E-state index contributed by atoms with van der Waals surface area (Å²) < 4.78 is 5.37. The van der Waals surface area contributed by atoms with Crippen molar-refractivity contribution >= 4 is 11.7 Å². The molecule has 3 unspecified atom stereocenters. The molecular formula is C25H39NO5. The number of ether oxygens (including phenoxy) is 1. The van der Waals surface area contributed by atoms with Gasteiger partial charge in [0.2, 0.25) is 5.91 Å². The van der Waals surface area contributed by atoms with Gasteiger partial charge in [-0.3, -0.25) is 9.59 Å². The van der Waals surface area contributed by atoms with Gasteiger partial charge in [0.15, 0.2) is 5.78 Å². The molecule has 3 N–H and O–H groups in total. The van der Waals surface area contributed by atoms with Crippen molar-refractivity contribution in [1.29, 1.82) is 0 Å². The zero-order valence-corrected chi connectivity index (χ0v) is 19.7. The molecule has 6 nitrogen and oxygen atoms in total. The van der Waals surface area contributed by atoms with Gasteiger partial charge in [0.1, 0.15) is 11.5 Å². The van der Waals surface area contributed by atoms with Gasteiger partial charge in [0.05, 0.1) is 12.2 Å². The summed E-state index contributed by atoms with van der Waals surface area (Å²) >= 11 is 0. The molecular weight excluding hydrogens is 394 g/mol. The largest absolute Gasteiger partial charge is 0.390 e. The van der Waals surface area contributed by atoms with Crippen LogP contribution in [0.25, 0.3) is 0 Å². The molecule has 3 rings (SSSR count). The first kappa shape index (κ1) is 24.1. The maximum absolute atomic E-state index is 13.9. The highest BCUT2D eigenvalue weighted by Crippen LogP contribution is 2.55. The fraction of sp³-hybridized carbons (Fsp3) is 0.760. The maximum Gasteiger partial charge on any atom is 0.235 e. The molecule has 0 aromatic carbocycles. The van der Waals surface area contributed by atoms with E-state index in [0.29, 0.717) is 18.8 Å². The summed E-state index contributed by atoms with van der Waals surface area (Å²) in [4.78, 5) is 27.6. The molecule has 1 fully saturated rings. The van der Waals surface area contributed by atoms with Crippen LogP contribution in [0.1, 0.15) is 60.3 Å². The Morgan fingerprint density at radius 1 is 1.19 bits per heavy atom. The highest BCUT2D eigenvalue weighted by molar-refractivity contribution is 6.09. The van der Waals surface area contributed by atoms with Gasteiger partial charge in [-0.05, 0) is 44.9 Å². The summed E-state index contributed by atoms with van der Waals surface area (Å²) in [5, 5.41) is 24.6. The van der Waals surface area contributed by atoms with Crippen LogP contribution in [0.4, 0.5) is 0 Å². The predicted octanol–water partition coefficient (Wildman–Crippen LogP) is 2.78. The molecule has 1 amide bonds. The molecule has 1 spiro atoms. The molecule has 0 aromatic rings. The van der Waals surface area contributed by atoms with E-state index >= 15 is 0 Å². The molecule has 0 aromatic heterocycles. The maximum atomic E-state index is 13.9. The van der Waals surface area contributed by atoms with Gasteiger partial charge in [0.25, 0.3) is 0 Å². The Balaban J connectivity index is 2.17. The summed E-state index contributed by atoms with van der Waals surface area (Å²) in [6.45, 7) is 10.4. The number of nitrogens with one attached hydrogen (secondary N) is 1. The Morgan fingerprint density at radius 3 is 2.48 bits per heavy atom. The number of amides is 1. The molecule has 1 saturated heterocycles. The van der Waals surface area contributed by atoms with Gasteiger partial charge in [-0.25, -0.2) is 0 Å². The Labute approximate surface area is 186 Å². The SMILES string of the molecule is COC1C(O)CC/C(C)=C/[C@H]2C=C(C)[C@@H](C)[C@H]3[C@H](CC(C)C)NC(=O)[C@]32C(=O)CC1O. The van der Waals surface area contributed by atoms with Crippen LogP contribution >= 0.6 is 0 Å². The van der Waals surface area contributed by atoms with E-state index in [4.69, 9.17) is 4.74 Å². The Bertz CT molecular complexity index is 772. The molecule has 1 aliphatic heterocycles. The van der Waals surface area contributed by atoms with Gasteiger partial charge in [-0.1, -0.05) is 44.1 Å². The van der Waals surface area contributed by atoms with Gasteiger partial charge < -0.3 is 20.3 Å². The average Bonchev–Trinajstić information content (AvgIpc) is 2.96. The third-order valence-electron chi connectivity index (χ3n) is 7.79. The second kappa shape index (κ2) is 9.16. The summed E-state index contributed by atoms with van der Waals surface area (Å²) in [7, 11) is 1.43. The van der Waals surface area contributed by atoms with Crippen molar-refractivity contribution in [3.8, 4) is 0 Å². The van der Waals surface area contributed by atoms with Crippen LogP contribution in [0.5, 0.6) is 0 Å². The first-order valence-electron chi connectivity index (χ1n) is 11.6. The van der Waals surface area contributed by atoms with E-state index in [1.54, 1.807) is 0 Å². The van der Waals surface area contributed by atoms with Crippen LogP contribution < -0.4 is 5.32 Å². The lowest BCUT2D eigenvalue weighted by Crippen LogP contribution is -2.54. The van der Waals surface area contributed by atoms with E-state index in [-0.39, 0.29) is 41.9 Å². The lowest BCUT2D eigenvalue weighted by atomic mass is 9.54. The number of Topliss-reactive ketones (excluding diaryl/α,β-unsaturated/α-hetero) is 1. The van der Waals surface area contributed by atoms with Crippen molar-refractivity contribution in [2.45, 2.75) is 84.7 Å². The van der Waals surface area contributed by atoms with E-state index in [1.165, 1.54) is 12.7 Å². The highest BCUT2D eigenvalue weighted by atomic mass is 16.5. The Hall–Kier alpha value is -1.50. The molecule has 8 atom stereocenters. The average molecular weight is 434 g/mol. The molecule has 174 valence electrons. The van der Waals surface area contributed by atoms with Crippen molar-refractivity contribution in [2.24, 2.45) is 29.1 Å². The number of methoxy groups -OCH3 is 1. The number of carbonyl (C=O) groups excluding carboxylic acids is 2. The smallest absolute Gasteiger partial charge is 0.235 e. The van der Waals surface area contributed by atoms with E-state index in [9.17, 15) is 19.8 Å². The monoisotopic (exact) mass is 433 g/mol. The molecule has 0 saturated carbocycles. The molecule has 0 bridgehead atoms. The first-order valence-corrected chi connectivity index (χ1v) is 11.6. The molecule has 1 heterocycles. The van der Waals surface area contributed by atoms with Gasteiger partial charge in [0, 0.05) is 31.4 Å². The number of carbonyl (C=O) groups is 2. The van der Waals surface area contributed by atoms with Crippen molar-refractivity contribution in [3.63, 3.8) is 0 Å². The van der Waals surface area contributed by atoms with E-state index < -0.39 is 23.7 Å². The second-order valence-electron chi connectivity index (χ2n) is 10.3. The van der Waals surface area contributed by atoms with Gasteiger partial charge in [-0.15, -0.1) is 0 Å². The van der Waals surface area contributed by atoms with E-state index in [2.05, 4.69) is 39.1 Å². The minimum atomic E-state index is -1.24. The quantitative estimate of drug-likeness (QED) is 0.470. The van der Waals surface area contributed by atoms with Crippen molar-refractivity contribution < 1.29 is 24.5 Å². The van der Waals surface area contributed by atoms with Crippen molar-refractivity contribution in [1.82, 2.24) is 5.32 Å². The van der Waals surface area contributed by atoms with E-state index in [1.807, 2.05) is 13.0 Å². The lowest BCUT2D eigenvalue weighted by Gasteiger charge is -2.45. The first-order chi connectivity index (χ1) is 14.5. The highest BCUT2D eigenvalue weighted by Gasteiger charge is 2.65. The van der Waals surface area contributed by atoms with Crippen LogP contribution in [0.15, 0.2) is 23.3 Å². The number of allylic oxidation sites excluding steroid dienone is 4. The zero-order valence-electron chi connectivity index (χ0n) is 19.7. The summed E-state index contributed by atoms with van der Waals surface area (Å²) in [5.41, 5.74) is 0.979. The van der Waals surface area contributed by atoms with Crippen molar-refractivity contribution in [2.75, 3.05) is 7.11 Å². The minimum Gasteiger partial charge on any atom is -0.390 e. The minimum absolute atomic E-state index is 0.0719. The van der Waals surface area contributed by atoms with Crippen LogP contribution in [0.2, 0.25) is 0 Å². The summed E-state index contributed by atoms with van der Waals surface area (Å²) in [5.74, 6) is -0.559. The van der Waals surface area contributed by atoms with Gasteiger partial charge in [-0.2, -0.15) is 0 Å². The molecule has 2 aliphatic carbocycles. The number of rotatable bonds is 3. The van der Waals surface area contributed by atoms with Gasteiger partial charge >= 0.3 is 0 Å². The lowest BCUT2D eigenvalue weighted by molar-refractivity contribution is -0.149. The number of aliphatic hydroxyl groups is 2. The summed E-state index contributed by atoms with van der Waals surface area (Å²) in [6, 6.07) is -0.0858. The zero-order chi connectivity index (χ0) is 23.1. The fourth-order valence-corrected chi connectivity index (χ4v) is 6.18. The third-order valence-corrected chi connectivity index (χ3v) is 7.79. The molecule has 6 heteroatoms. The molecule has 0 radical (unpaired) electrons. The predicted molar refractivity (Wildman–Crippen MR) is 119 cm³/mol. The standard InChI is InChI=1S/C25H39NO5/c1-13(2)9-18-22-16(5)15(4)11-17-10-14(3)7-8-19(27)23(31-6)20(28)12-21(29)25(17,22)24(30)26-18/h10-11,13,16-20,22-23,27-28H,7-9,12H2,1-6H3,(H,26,30)/b14-10+/t16-,17+,18+,19?,20?,22+,23?,25-/m1/s1. The number of hydrogen-bond acceptors (Lipinski definition) is 5. The second-order valence-corrected chi connectivity index (χ2v) is 10.3. The molecule has 3 aliphatic rings. The number of ketones is 1. The normalized spacial score (nSPS) is 43.3. The third kappa shape index (κ3) is 4.14. The topological polar surface area (TPSA) is 95.9 Å². The van der Waals surface area contributed by atoms with Crippen LogP contribution in [0, 0.1) is 29.1 Å². The van der Waals surface area contributed by atoms with Crippen LogP contribution in [-0.4, -0.2) is 53.4 Å². The van der Waals surface area contributed by atoms with Crippen LogP contribution in [0.3, 0.4) is 0 Å².